The van der Waals surface area contributed by atoms with Crippen molar-refractivity contribution in [1.29, 1.82) is 0 Å². The summed E-state index contributed by atoms with van der Waals surface area (Å²) >= 11 is 4.94. The SMILES string of the molecule is NC(=S)c1nccnc1N1CCOCC1. The van der Waals surface area contributed by atoms with Gasteiger partial charge in [-0.3, -0.25) is 0 Å². The highest BCUT2D eigenvalue weighted by Gasteiger charge is 2.17. The van der Waals surface area contributed by atoms with Crippen LogP contribution in [-0.2, 0) is 4.74 Å². The fraction of sp³-hybridized carbons (Fsp3) is 0.444. The van der Waals surface area contributed by atoms with Crippen LogP contribution in [0.15, 0.2) is 12.4 Å². The second-order valence-electron chi connectivity index (χ2n) is 3.19. The number of nitrogens with two attached hydrogens (primary N) is 1. The maximum absolute atomic E-state index is 5.59. The van der Waals surface area contributed by atoms with Crippen molar-refractivity contribution >= 4 is 23.0 Å². The standard InChI is InChI=1S/C9H12N4OS/c10-8(15)7-9(12-2-1-11-7)13-3-5-14-6-4-13/h1-2H,3-6H2,(H2,10,15). The first-order valence-corrected chi connectivity index (χ1v) is 5.13. The number of ether oxygens (including phenoxy) is 1. The summed E-state index contributed by atoms with van der Waals surface area (Å²) in [5.41, 5.74) is 6.18. The molecule has 0 atom stereocenters. The van der Waals surface area contributed by atoms with Crippen molar-refractivity contribution in [2.75, 3.05) is 31.2 Å². The number of hydrogen-bond acceptors (Lipinski definition) is 5. The van der Waals surface area contributed by atoms with Gasteiger partial charge in [0.05, 0.1) is 13.2 Å². The Hall–Kier alpha value is -1.27. The highest BCUT2D eigenvalue weighted by Crippen LogP contribution is 2.15. The van der Waals surface area contributed by atoms with Gasteiger partial charge >= 0.3 is 0 Å². The van der Waals surface area contributed by atoms with Crippen LogP contribution in [0.4, 0.5) is 5.82 Å². The second-order valence-corrected chi connectivity index (χ2v) is 3.63. The summed E-state index contributed by atoms with van der Waals surface area (Å²) in [6.45, 7) is 3.00. The van der Waals surface area contributed by atoms with Crippen molar-refractivity contribution < 1.29 is 4.74 Å². The Balaban J connectivity index is 2.29. The average molecular weight is 224 g/mol. The molecule has 5 nitrogen and oxygen atoms in total. The van der Waals surface area contributed by atoms with Gasteiger partial charge in [0.25, 0.3) is 0 Å². The van der Waals surface area contributed by atoms with Crippen LogP contribution in [0.5, 0.6) is 0 Å². The first-order valence-electron chi connectivity index (χ1n) is 4.72. The number of hydrogen-bond donors (Lipinski definition) is 1. The molecule has 0 unspecified atom stereocenters. The summed E-state index contributed by atoms with van der Waals surface area (Å²) in [6.07, 6.45) is 3.24. The van der Waals surface area contributed by atoms with Gasteiger partial charge in [0, 0.05) is 25.5 Å². The monoisotopic (exact) mass is 224 g/mol. The number of morpholine rings is 1. The Labute approximate surface area is 93.3 Å². The van der Waals surface area contributed by atoms with E-state index in [1.807, 2.05) is 0 Å². The predicted molar refractivity (Wildman–Crippen MR) is 61.0 cm³/mol. The molecule has 0 bridgehead atoms. The van der Waals surface area contributed by atoms with Gasteiger partial charge in [0.15, 0.2) is 5.82 Å². The molecule has 0 aromatic carbocycles. The second kappa shape index (κ2) is 4.50. The molecular weight excluding hydrogens is 212 g/mol. The molecule has 2 N–H and O–H groups in total. The van der Waals surface area contributed by atoms with E-state index in [9.17, 15) is 0 Å². The zero-order chi connectivity index (χ0) is 10.7. The van der Waals surface area contributed by atoms with Crippen LogP contribution in [0.3, 0.4) is 0 Å². The summed E-state index contributed by atoms with van der Waals surface area (Å²) in [7, 11) is 0. The van der Waals surface area contributed by atoms with E-state index in [0.717, 1.165) is 18.9 Å². The number of aromatic nitrogens is 2. The molecule has 2 rings (SSSR count). The number of rotatable bonds is 2. The van der Waals surface area contributed by atoms with Crippen molar-refractivity contribution in [2.24, 2.45) is 5.73 Å². The molecule has 1 aromatic rings. The fourth-order valence-electron chi connectivity index (χ4n) is 1.51. The van der Waals surface area contributed by atoms with Crippen LogP contribution in [0.1, 0.15) is 5.69 Å². The summed E-state index contributed by atoms with van der Waals surface area (Å²) in [5.74, 6) is 0.758. The predicted octanol–water partition coefficient (Wildman–Crippen LogP) is -0.0526. The van der Waals surface area contributed by atoms with E-state index in [1.165, 1.54) is 0 Å². The Bertz CT molecular complexity index is 365. The van der Waals surface area contributed by atoms with Gasteiger partial charge in [-0.05, 0) is 0 Å². The summed E-state index contributed by atoms with van der Waals surface area (Å²) in [6, 6.07) is 0. The third kappa shape index (κ3) is 2.21. The van der Waals surface area contributed by atoms with Crippen molar-refractivity contribution in [3.05, 3.63) is 18.1 Å². The highest BCUT2D eigenvalue weighted by atomic mass is 32.1. The van der Waals surface area contributed by atoms with E-state index in [0.29, 0.717) is 18.9 Å². The number of nitrogens with zero attached hydrogens (tertiary/aromatic N) is 3. The molecule has 2 heterocycles. The van der Waals surface area contributed by atoms with Crippen LogP contribution < -0.4 is 10.6 Å². The third-order valence-electron chi connectivity index (χ3n) is 2.22. The molecule has 6 heteroatoms. The molecule has 1 saturated heterocycles. The minimum absolute atomic E-state index is 0.282. The van der Waals surface area contributed by atoms with E-state index in [-0.39, 0.29) is 4.99 Å². The van der Waals surface area contributed by atoms with Crippen LogP contribution >= 0.6 is 12.2 Å². The normalized spacial score (nSPS) is 16.4. The van der Waals surface area contributed by atoms with Gasteiger partial charge in [-0.15, -0.1) is 0 Å². The molecule has 1 aromatic heterocycles. The fourth-order valence-corrected chi connectivity index (χ4v) is 1.66. The average Bonchev–Trinajstić information content (AvgIpc) is 2.30. The molecule has 0 radical (unpaired) electrons. The topological polar surface area (TPSA) is 64.3 Å². The van der Waals surface area contributed by atoms with Crippen molar-refractivity contribution in [2.45, 2.75) is 0 Å². The third-order valence-corrected chi connectivity index (χ3v) is 2.42. The molecule has 1 aliphatic heterocycles. The van der Waals surface area contributed by atoms with Gasteiger partial charge in [-0.1, -0.05) is 12.2 Å². The van der Waals surface area contributed by atoms with Gasteiger partial charge in [0.2, 0.25) is 0 Å². The maximum atomic E-state index is 5.59. The van der Waals surface area contributed by atoms with E-state index in [2.05, 4.69) is 14.9 Å². The molecular formula is C9H12N4OS. The summed E-state index contributed by atoms with van der Waals surface area (Å²) in [5, 5.41) is 0. The molecule has 15 heavy (non-hydrogen) atoms. The first-order chi connectivity index (χ1) is 7.29. The van der Waals surface area contributed by atoms with Gasteiger partial charge in [-0.2, -0.15) is 0 Å². The quantitative estimate of drug-likeness (QED) is 0.710. The van der Waals surface area contributed by atoms with Crippen LogP contribution in [0.2, 0.25) is 0 Å². The van der Waals surface area contributed by atoms with Gasteiger partial charge < -0.3 is 15.4 Å². The lowest BCUT2D eigenvalue weighted by Crippen LogP contribution is -2.38. The van der Waals surface area contributed by atoms with Crippen molar-refractivity contribution in [3.8, 4) is 0 Å². The lowest BCUT2D eigenvalue weighted by atomic mass is 10.3. The number of thiocarbonyl (C=S) groups is 1. The molecule has 0 saturated carbocycles. The molecule has 1 fully saturated rings. The largest absolute Gasteiger partial charge is 0.388 e. The van der Waals surface area contributed by atoms with Crippen molar-refractivity contribution in [3.63, 3.8) is 0 Å². The van der Waals surface area contributed by atoms with E-state index in [1.54, 1.807) is 12.4 Å². The minimum Gasteiger partial charge on any atom is -0.388 e. The first kappa shape index (κ1) is 10.3. The Kier molecular flexibility index (Phi) is 3.08. The van der Waals surface area contributed by atoms with Crippen LogP contribution in [0.25, 0.3) is 0 Å². The molecule has 0 spiro atoms. The zero-order valence-electron chi connectivity index (χ0n) is 8.22. The number of anilines is 1. The smallest absolute Gasteiger partial charge is 0.157 e. The molecule has 0 aliphatic carbocycles. The molecule has 1 aliphatic rings. The van der Waals surface area contributed by atoms with E-state index < -0.39 is 0 Å². The Morgan fingerprint density at radius 2 is 2.00 bits per heavy atom. The Morgan fingerprint density at radius 1 is 1.33 bits per heavy atom. The minimum atomic E-state index is 0.282. The van der Waals surface area contributed by atoms with E-state index in [4.69, 9.17) is 22.7 Å². The summed E-state index contributed by atoms with van der Waals surface area (Å²) < 4.78 is 5.27. The van der Waals surface area contributed by atoms with Crippen LogP contribution in [-0.4, -0.2) is 41.3 Å². The van der Waals surface area contributed by atoms with Crippen LogP contribution in [0, 0.1) is 0 Å². The highest BCUT2D eigenvalue weighted by molar-refractivity contribution is 7.80. The van der Waals surface area contributed by atoms with Crippen molar-refractivity contribution in [1.82, 2.24) is 9.97 Å². The Morgan fingerprint density at radius 3 is 2.67 bits per heavy atom. The maximum Gasteiger partial charge on any atom is 0.157 e. The van der Waals surface area contributed by atoms with Gasteiger partial charge in [0.1, 0.15) is 10.7 Å². The lowest BCUT2D eigenvalue weighted by Gasteiger charge is -2.28. The molecule has 0 amide bonds. The molecule has 80 valence electrons. The van der Waals surface area contributed by atoms with E-state index >= 15 is 0 Å². The van der Waals surface area contributed by atoms with Gasteiger partial charge in [-0.25, -0.2) is 9.97 Å². The summed E-state index contributed by atoms with van der Waals surface area (Å²) in [4.78, 5) is 10.8. The lowest BCUT2D eigenvalue weighted by molar-refractivity contribution is 0.122. The zero-order valence-corrected chi connectivity index (χ0v) is 9.04.